The van der Waals surface area contributed by atoms with Crippen molar-refractivity contribution in [1.82, 2.24) is 0 Å². The van der Waals surface area contributed by atoms with Crippen molar-refractivity contribution < 1.29 is 14.5 Å². The van der Waals surface area contributed by atoms with Gasteiger partial charge in [0.2, 0.25) is 0 Å². The molecule has 3 aromatic rings. The van der Waals surface area contributed by atoms with Crippen molar-refractivity contribution in [3.8, 4) is 0 Å². The number of rotatable bonds is 6. The van der Waals surface area contributed by atoms with Gasteiger partial charge in [-0.25, -0.2) is 4.90 Å². The quantitative estimate of drug-likeness (QED) is 0.324. The number of non-ortho nitro benzene ring substituents is 1. The number of halogens is 1. The van der Waals surface area contributed by atoms with E-state index < -0.39 is 16.7 Å². The van der Waals surface area contributed by atoms with Gasteiger partial charge in [0.05, 0.1) is 21.2 Å². The van der Waals surface area contributed by atoms with Crippen molar-refractivity contribution in [3.05, 3.63) is 99.2 Å². The molecule has 0 bridgehead atoms. The summed E-state index contributed by atoms with van der Waals surface area (Å²) in [6, 6.07) is 19.4. The van der Waals surface area contributed by atoms with Crippen LogP contribution in [0.25, 0.3) is 5.57 Å². The molecular formula is C24H19ClN4O4. The van der Waals surface area contributed by atoms with Gasteiger partial charge in [-0.2, -0.15) is 0 Å². The molecule has 0 saturated heterocycles. The maximum atomic E-state index is 13.4. The van der Waals surface area contributed by atoms with Crippen LogP contribution in [-0.2, 0) is 9.59 Å². The van der Waals surface area contributed by atoms with Crippen LogP contribution in [0.1, 0.15) is 5.56 Å². The van der Waals surface area contributed by atoms with E-state index in [0.29, 0.717) is 11.3 Å². The predicted octanol–water partition coefficient (Wildman–Crippen LogP) is 4.71. The Morgan fingerprint density at radius 3 is 2.12 bits per heavy atom. The molecule has 0 spiro atoms. The van der Waals surface area contributed by atoms with Crippen LogP contribution < -0.4 is 15.1 Å². The number of hydrogen-bond acceptors (Lipinski definition) is 6. The van der Waals surface area contributed by atoms with E-state index in [1.165, 1.54) is 24.3 Å². The Hall–Kier alpha value is -4.17. The molecule has 0 radical (unpaired) electrons. The van der Waals surface area contributed by atoms with Crippen molar-refractivity contribution in [2.75, 3.05) is 29.2 Å². The normalized spacial score (nSPS) is 13.5. The molecule has 1 aliphatic heterocycles. The molecule has 166 valence electrons. The second kappa shape index (κ2) is 8.76. The number of nitrogens with one attached hydrogen (secondary N) is 1. The lowest BCUT2D eigenvalue weighted by Crippen LogP contribution is -2.32. The zero-order chi connectivity index (χ0) is 23.7. The molecule has 33 heavy (non-hydrogen) atoms. The van der Waals surface area contributed by atoms with E-state index >= 15 is 0 Å². The zero-order valence-corrected chi connectivity index (χ0v) is 18.5. The van der Waals surface area contributed by atoms with E-state index in [2.05, 4.69) is 5.32 Å². The Morgan fingerprint density at radius 1 is 0.909 bits per heavy atom. The van der Waals surface area contributed by atoms with E-state index in [1.807, 2.05) is 31.1 Å². The summed E-state index contributed by atoms with van der Waals surface area (Å²) in [4.78, 5) is 40.3. The number of benzene rings is 3. The smallest absolute Gasteiger partial charge is 0.282 e. The molecule has 1 heterocycles. The number of nitro groups is 1. The fourth-order valence-electron chi connectivity index (χ4n) is 3.50. The lowest BCUT2D eigenvalue weighted by atomic mass is 10.0. The minimum atomic E-state index is -0.575. The van der Waals surface area contributed by atoms with Crippen molar-refractivity contribution in [2.45, 2.75) is 0 Å². The largest absolute Gasteiger partial charge is 0.378 e. The lowest BCUT2D eigenvalue weighted by Gasteiger charge is -2.17. The molecule has 9 heteroatoms. The number of hydrogen-bond donors (Lipinski definition) is 1. The van der Waals surface area contributed by atoms with Gasteiger partial charge in [0.15, 0.2) is 0 Å². The van der Waals surface area contributed by atoms with Crippen LogP contribution in [0.5, 0.6) is 0 Å². The van der Waals surface area contributed by atoms with Gasteiger partial charge in [-0.05, 0) is 54.1 Å². The van der Waals surface area contributed by atoms with Crippen LogP contribution in [0.4, 0.5) is 22.7 Å². The van der Waals surface area contributed by atoms with Crippen LogP contribution in [0.15, 0.2) is 78.5 Å². The van der Waals surface area contributed by atoms with E-state index in [1.54, 1.807) is 36.4 Å². The maximum absolute atomic E-state index is 13.4. The number of nitrogens with zero attached hydrogens (tertiary/aromatic N) is 3. The molecule has 0 saturated carbocycles. The van der Waals surface area contributed by atoms with E-state index in [9.17, 15) is 19.7 Å². The SMILES string of the molecule is CN(C)c1ccc(NC2=C(c3ccc([N+](=O)[O-])cc3)C(=O)N(c3ccccc3Cl)C2=O)cc1. The van der Waals surface area contributed by atoms with Crippen LogP contribution in [0.2, 0.25) is 5.02 Å². The van der Waals surface area contributed by atoms with Gasteiger partial charge in [-0.1, -0.05) is 23.7 Å². The fraction of sp³-hybridized carbons (Fsp3) is 0.0833. The summed E-state index contributed by atoms with van der Waals surface area (Å²) in [5.41, 5.74) is 2.26. The van der Waals surface area contributed by atoms with E-state index in [4.69, 9.17) is 11.6 Å². The van der Waals surface area contributed by atoms with Crippen molar-refractivity contribution in [1.29, 1.82) is 0 Å². The first-order valence-corrected chi connectivity index (χ1v) is 10.3. The van der Waals surface area contributed by atoms with Crippen LogP contribution >= 0.6 is 11.6 Å². The number of carbonyl (C=O) groups is 2. The zero-order valence-electron chi connectivity index (χ0n) is 17.8. The maximum Gasteiger partial charge on any atom is 0.282 e. The first-order valence-electron chi connectivity index (χ1n) is 9.94. The van der Waals surface area contributed by atoms with Gasteiger partial charge in [-0.3, -0.25) is 19.7 Å². The number of imide groups is 1. The van der Waals surface area contributed by atoms with Gasteiger partial charge in [0.25, 0.3) is 17.5 Å². The average molecular weight is 463 g/mol. The highest BCUT2D eigenvalue weighted by Crippen LogP contribution is 2.37. The number of nitro benzene ring substituents is 1. The first kappa shape index (κ1) is 22.0. The Morgan fingerprint density at radius 2 is 1.55 bits per heavy atom. The van der Waals surface area contributed by atoms with Crippen LogP contribution in [0.3, 0.4) is 0 Å². The molecule has 0 atom stereocenters. The van der Waals surface area contributed by atoms with Crippen LogP contribution in [0, 0.1) is 10.1 Å². The van der Waals surface area contributed by atoms with Crippen molar-refractivity contribution in [2.24, 2.45) is 0 Å². The summed E-state index contributed by atoms with van der Waals surface area (Å²) in [7, 11) is 3.83. The second-order valence-electron chi connectivity index (χ2n) is 7.52. The standard InChI is InChI=1S/C24H19ClN4O4/c1-27(2)17-13-9-16(10-14-17)26-22-21(15-7-11-18(12-8-15)29(32)33)23(30)28(24(22)31)20-6-4-3-5-19(20)25/h3-14,26H,1-2H3. The Balaban J connectivity index is 1.80. The molecule has 8 nitrogen and oxygen atoms in total. The van der Waals surface area contributed by atoms with Crippen molar-refractivity contribution >= 4 is 51.7 Å². The van der Waals surface area contributed by atoms with Crippen molar-refractivity contribution in [3.63, 3.8) is 0 Å². The monoisotopic (exact) mass is 462 g/mol. The molecule has 2 amide bonds. The molecule has 4 rings (SSSR count). The molecule has 0 aromatic heterocycles. The molecule has 0 unspecified atom stereocenters. The fourth-order valence-corrected chi connectivity index (χ4v) is 3.72. The summed E-state index contributed by atoms with van der Waals surface area (Å²) in [5.74, 6) is -1.15. The Bertz CT molecular complexity index is 1280. The van der Waals surface area contributed by atoms with Gasteiger partial charge >= 0.3 is 0 Å². The molecule has 3 aromatic carbocycles. The molecule has 1 N–H and O–H groups in total. The molecular weight excluding hydrogens is 444 g/mol. The van der Waals surface area contributed by atoms with Gasteiger partial charge in [0, 0.05) is 37.6 Å². The second-order valence-corrected chi connectivity index (χ2v) is 7.92. The average Bonchev–Trinajstić information content (AvgIpc) is 3.04. The van der Waals surface area contributed by atoms with E-state index in [-0.39, 0.29) is 27.7 Å². The van der Waals surface area contributed by atoms with Gasteiger partial charge < -0.3 is 10.2 Å². The number of anilines is 3. The summed E-state index contributed by atoms with van der Waals surface area (Å²) >= 11 is 6.27. The number of carbonyl (C=O) groups excluding carboxylic acids is 2. The molecule has 0 fully saturated rings. The van der Waals surface area contributed by atoms with Gasteiger partial charge in [0.1, 0.15) is 5.70 Å². The topological polar surface area (TPSA) is 95.8 Å². The molecule has 0 aliphatic carbocycles. The highest BCUT2D eigenvalue weighted by molar-refractivity contribution is 6.48. The van der Waals surface area contributed by atoms with Gasteiger partial charge in [-0.15, -0.1) is 0 Å². The molecule has 1 aliphatic rings. The lowest BCUT2D eigenvalue weighted by molar-refractivity contribution is -0.384. The van der Waals surface area contributed by atoms with E-state index in [0.717, 1.165) is 10.6 Å². The number of para-hydroxylation sites is 1. The summed E-state index contributed by atoms with van der Waals surface area (Å²) in [6.45, 7) is 0. The predicted molar refractivity (Wildman–Crippen MR) is 128 cm³/mol. The Kier molecular flexibility index (Phi) is 5.85. The third-order valence-electron chi connectivity index (χ3n) is 5.20. The highest BCUT2D eigenvalue weighted by atomic mass is 35.5. The number of amides is 2. The Labute approximate surface area is 194 Å². The summed E-state index contributed by atoms with van der Waals surface area (Å²) < 4.78 is 0. The van der Waals surface area contributed by atoms with Crippen LogP contribution in [-0.4, -0.2) is 30.8 Å². The first-order chi connectivity index (χ1) is 15.8. The minimum Gasteiger partial charge on any atom is -0.378 e. The highest BCUT2D eigenvalue weighted by Gasteiger charge is 2.41. The third kappa shape index (κ3) is 4.16. The third-order valence-corrected chi connectivity index (χ3v) is 5.52. The summed E-state index contributed by atoms with van der Waals surface area (Å²) in [5, 5.41) is 14.4. The summed E-state index contributed by atoms with van der Waals surface area (Å²) in [6.07, 6.45) is 0. The minimum absolute atomic E-state index is 0.0615.